The van der Waals surface area contributed by atoms with Crippen molar-refractivity contribution in [1.29, 1.82) is 0 Å². The SMILES string of the molecule is O=c1[nH]c(Cc2cnc[nH]2)nc2scc(-c3ccc(Br)cc3)c12. The quantitative estimate of drug-likeness (QED) is 0.563. The topological polar surface area (TPSA) is 74.4 Å². The lowest BCUT2D eigenvalue weighted by Gasteiger charge is -2.02. The minimum Gasteiger partial charge on any atom is -0.348 e. The molecule has 0 unspecified atom stereocenters. The molecule has 0 saturated heterocycles. The monoisotopic (exact) mass is 386 g/mol. The number of H-pyrrole nitrogens is 2. The number of hydrogen-bond acceptors (Lipinski definition) is 4. The van der Waals surface area contributed by atoms with Crippen molar-refractivity contribution in [3.8, 4) is 11.1 Å². The van der Waals surface area contributed by atoms with Gasteiger partial charge in [-0.3, -0.25) is 4.79 Å². The van der Waals surface area contributed by atoms with E-state index in [1.807, 2.05) is 29.6 Å². The summed E-state index contributed by atoms with van der Waals surface area (Å²) >= 11 is 4.91. The number of fused-ring (bicyclic) bond motifs is 1. The first kappa shape index (κ1) is 14.3. The van der Waals surface area contributed by atoms with Crippen LogP contribution in [0.3, 0.4) is 0 Å². The van der Waals surface area contributed by atoms with Crippen molar-refractivity contribution in [2.45, 2.75) is 6.42 Å². The molecule has 23 heavy (non-hydrogen) atoms. The zero-order valence-electron chi connectivity index (χ0n) is 11.8. The third kappa shape index (κ3) is 2.73. The number of aromatic nitrogens is 4. The molecule has 0 radical (unpaired) electrons. The van der Waals surface area contributed by atoms with E-state index in [0.29, 0.717) is 17.6 Å². The van der Waals surface area contributed by atoms with E-state index in [-0.39, 0.29) is 5.56 Å². The van der Waals surface area contributed by atoms with Gasteiger partial charge in [-0.15, -0.1) is 11.3 Å². The highest BCUT2D eigenvalue weighted by Gasteiger charge is 2.13. The Bertz CT molecular complexity index is 1020. The van der Waals surface area contributed by atoms with Gasteiger partial charge in [-0.2, -0.15) is 0 Å². The lowest BCUT2D eigenvalue weighted by Crippen LogP contribution is -2.11. The Hall–Kier alpha value is -2.25. The molecule has 114 valence electrons. The molecule has 0 bridgehead atoms. The molecular formula is C16H11BrN4OS. The number of nitrogens with one attached hydrogen (secondary N) is 2. The molecule has 1 aromatic carbocycles. The van der Waals surface area contributed by atoms with Gasteiger partial charge in [0.05, 0.1) is 11.7 Å². The molecule has 4 rings (SSSR count). The van der Waals surface area contributed by atoms with Gasteiger partial charge in [0.15, 0.2) is 0 Å². The van der Waals surface area contributed by atoms with Crippen LogP contribution < -0.4 is 5.56 Å². The van der Waals surface area contributed by atoms with Crippen molar-refractivity contribution < 1.29 is 0 Å². The Balaban J connectivity index is 1.81. The van der Waals surface area contributed by atoms with Crippen LogP contribution in [0.5, 0.6) is 0 Å². The van der Waals surface area contributed by atoms with Crippen LogP contribution in [0.1, 0.15) is 11.5 Å². The maximum atomic E-state index is 12.5. The Morgan fingerprint density at radius 2 is 2.04 bits per heavy atom. The van der Waals surface area contributed by atoms with Crippen LogP contribution in [0.2, 0.25) is 0 Å². The van der Waals surface area contributed by atoms with E-state index >= 15 is 0 Å². The van der Waals surface area contributed by atoms with Gasteiger partial charge in [-0.1, -0.05) is 28.1 Å². The van der Waals surface area contributed by atoms with E-state index < -0.39 is 0 Å². The fourth-order valence-corrected chi connectivity index (χ4v) is 3.71. The van der Waals surface area contributed by atoms with Gasteiger partial charge < -0.3 is 9.97 Å². The summed E-state index contributed by atoms with van der Waals surface area (Å²) in [5.74, 6) is 0.635. The summed E-state index contributed by atoms with van der Waals surface area (Å²) in [5, 5.41) is 2.63. The summed E-state index contributed by atoms with van der Waals surface area (Å²) in [6.45, 7) is 0. The van der Waals surface area contributed by atoms with E-state index in [1.165, 1.54) is 11.3 Å². The van der Waals surface area contributed by atoms with Crippen LogP contribution in [0.25, 0.3) is 21.3 Å². The number of nitrogens with zero attached hydrogens (tertiary/aromatic N) is 2. The highest BCUT2D eigenvalue weighted by molar-refractivity contribution is 9.10. The van der Waals surface area contributed by atoms with E-state index in [4.69, 9.17) is 0 Å². The summed E-state index contributed by atoms with van der Waals surface area (Å²) < 4.78 is 1.01. The van der Waals surface area contributed by atoms with Crippen LogP contribution >= 0.6 is 27.3 Å². The molecule has 3 heterocycles. The summed E-state index contributed by atoms with van der Waals surface area (Å²) in [7, 11) is 0. The van der Waals surface area contributed by atoms with Crippen molar-refractivity contribution in [2.75, 3.05) is 0 Å². The number of imidazole rings is 1. The number of rotatable bonds is 3. The summed E-state index contributed by atoms with van der Waals surface area (Å²) in [6, 6.07) is 7.91. The van der Waals surface area contributed by atoms with Gasteiger partial charge in [-0.05, 0) is 17.7 Å². The first-order valence-electron chi connectivity index (χ1n) is 6.94. The van der Waals surface area contributed by atoms with E-state index in [9.17, 15) is 4.79 Å². The number of thiophene rings is 1. The van der Waals surface area contributed by atoms with E-state index in [2.05, 4.69) is 35.9 Å². The van der Waals surface area contributed by atoms with E-state index in [1.54, 1.807) is 12.5 Å². The van der Waals surface area contributed by atoms with Gasteiger partial charge in [0.1, 0.15) is 10.7 Å². The molecule has 5 nitrogen and oxygen atoms in total. The number of halogens is 1. The van der Waals surface area contributed by atoms with Crippen LogP contribution in [0, 0.1) is 0 Å². The Kier molecular flexibility index (Phi) is 3.59. The minimum atomic E-state index is -0.108. The fraction of sp³-hybridized carbons (Fsp3) is 0.0625. The molecule has 3 aromatic heterocycles. The van der Waals surface area contributed by atoms with Gasteiger partial charge in [0.2, 0.25) is 0 Å². The van der Waals surface area contributed by atoms with Crippen molar-refractivity contribution in [3.05, 3.63) is 68.5 Å². The molecule has 0 fully saturated rings. The van der Waals surface area contributed by atoms with Crippen molar-refractivity contribution >= 4 is 37.5 Å². The second-order valence-electron chi connectivity index (χ2n) is 5.10. The molecule has 4 aromatic rings. The average molecular weight is 387 g/mol. The van der Waals surface area contributed by atoms with Crippen molar-refractivity contribution in [2.24, 2.45) is 0 Å². The van der Waals surface area contributed by atoms with Crippen LogP contribution in [0.4, 0.5) is 0 Å². The largest absolute Gasteiger partial charge is 0.348 e. The molecule has 0 saturated carbocycles. The zero-order chi connectivity index (χ0) is 15.8. The molecule has 7 heteroatoms. The molecule has 0 amide bonds. The maximum Gasteiger partial charge on any atom is 0.260 e. The Labute approximate surface area is 143 Å². The summed E-state index contributed by atoms with van der Waals surface area (Å²) in [5.41, 5.74) is 2.73. The Morgan fingerprint density at radius 3 is 2.78 bits per heavy atom. The first-order valence-corrected chi connectivity index (χ1v) is 8.61. The lowest BCUT2D eigenvalue weighted by atomic mass is 10.1. The van der Waals surface area contributed by atoms with Gasteiger partial charge >= 0.3 is 0 Å². The second-order valence-corrected chi connectivity index (χ2v) is 6.88. The highest BCUT2D eigenvalue weighted by Crippen LogP contribution is 2.31. The summed E-state index contributed by atoms with van der Waals surface area (Å²) in [6.07, 6.45) is 3.87. The first-order chi connectivity index (χ1) is 11.2. The molecule has 0 aliphatic carbocycles. The maximum absolute atomic E-state index is 12.5. The molecule has 0 atom stereocenters. The molecule has 2 N–H and O–H groups in total. The smallest absolute Gasteiger partial charge is 0.260 e. The van der Waals surface area contributed by atoms with Gasteiger partial charge in [0, 0.05) is 33.7 Å². The minimum absolute atomic E-state index is 0.108. The van der Waals surface area contributed by atoms with Crippen LogP contribution in [-0.4, -0.2) is 19.9 Å². The van der Waals surface area contributed by atoms with Crippen molar-refractivity contribution in [3.63, 3.8) is 0 Å². The lowest BCUT2D eigenvalue weighted by molar-refractivity contribution is 0.952. The van der Waals surface area contributed by atoms with Crippen LogP contribution in [0.15, 0.2) is 51.4 Å². The molecule has 0 aliphatic heterocycles. The van der Waals surface area contributed by atoms with Crippen LogP contribution in [-0.2, 0) is 6.42 Å². The number of hydrogen-bond donors (Lipinski definition) is 2. The Morgan fingerprint density at radius 1 is 1.22 bits per heavy atom. The van der Waals surface area contributed by atoms with Gasteiger partial charge in [-0.25, -0.2) is 9.97 Å². The predicted molar refractivity (Wildman–Crippen MR) is 94.8 cm³/mol. The van der Waals surface area contributed by atoms with Gasteiger partial charge in [0.25, 0.3) is 5.56 Å². The number of aromatic amines is 2. The van der Waals surface area contributed by atoms with Crippen molar-refractivity contribution in [1.82, 2.24) is 19.9 Å². The second kappa shape index (κ2) is 5.75. The highest BCUT2D eigenvalue weighted by atomic mass is 79.9. The molecular weight excluding hydrogens is 376 g/mol. The van der Waals surface area contributed by atoms with E-state index in [0.717, 1.165) is 26.1 Å². The normalized spacial score (nSPS) is 11.2. The average Bonchev–Trinajstić information content (AvgIpc) is 3.18. The standard InChI is InChI=1S/C16H11BrN4OS/c17-10-3-1-9(2-4-10)12-7-23-16-14(12)15(22)20-13(21-16)5-11-6-18-8-19-11/h1-4,6-8H,5H2,(H,18,19)(H,20,21,22). The molecule has 0 spiro atoms. The third-order valence-electron chi connectivity index (χ3n) is 3.56. The number of benzene rings is 1. The molecule has 0 aliphatic rings. The summed E-state index contributed by atoms with van der Waals surface area (Å²) in [4.78, 5) is 27.7. The fourth-order valence-electron chi connectivity index (χ4n) is 2.48. The third-order valence-corrected chi connectivity index (χ3v) is 4.96. The predicted octanol–water partition coefficient (Wildman–Crippen LogP) is 3.73. The zero-order valence-corrected chi connectivity index (χ0v) is 14.2.